The number of para-hydroxylation sites is 2. The molecule has 19 heteroatoms. The second kappa shape index (κ2) is 21.1. The Labute approximate surface area is 457 Å². The number of carbonyl (C=O) groups excluding carboxylic acids is 3. The number of rotatable bonds is 12. The number of carbonyl (C=O) groups is 3. The van der Waals surface area contributed by atoms with Gasteiger partial charge in [0.2, 0.25) is 0 Å². The van der Waals surface area contributed by atoms with Crippen molar-refractivity contribution in [2.24, 2.45) is 0 Å². The zero-order valence-electron chi connectivity index (χ0n) is 36.5. The third-order valence-corrected chi connectivity index (χ3v) is 16.9. The summed E-state index contributed by atoms with van der Waals surface area (Å²) in [7, 11) is 0. The van der Waals surface area contributed by atoms with Gasteiger partial charge in [-0.1, -0.05) is 97.3 Å². The predicted molar refractivity (Wildman–Crippen MR) is 301 cm³/mol. The number of hydrogen-bond donors (Lipinski definition) is 6. The van der Waals surface area contributed by atoms with E-state index < -0.39 is 17.7 Å². The zero-order chi connectivity index (χ0) is 50.2. The van der Waals surface area contributed by atoms with Gasteiger partial charge >= 0.3 is 0 Å². The molecule has 10 rings (SSSR count). The van der Waals surface area contributed by atoms with Gasteiger partial charge in [0.05, 0.1) is 41.6 Å². The van der Waals surface area contributed by atoms with Crippen LogP contribution in [0.15, 0.2) is 184 Å². The van der Waals surface area contributed by atoms with Crippen molar-refractivity contribution < 1.29 is 29.7 Å². The first kappa shape index (κ1) is 49.4. The highest BCUT2D eigenvalue weighted by Gasteiger charge is 2.21. The van der Waals surface area contributed by atoms with Gasteiger partial charge in [-0.2, -0.15) is 0 Å². The smallest absolute Gasteiger partial charge is 0.259 e. The number of aromatic nitrogens is 2. The standard InChI is InChI=1S/C53H31Br3ClN5O6S4/c54-28-21-38(47(64)39(22-28)50(67)59-32-11-15-34(16-12-32)69-52-61-42-6-1-2-7-44(42)71-52)26-8-17-43-45(20-26)72-53(62-43)70-35-13-9-31(10-14-35)58-49(66)37-5-3-4-36(46(37)63)27-18-30(57)25-33(19-27)60-51(68)40-23-29(55)24-41(56)48(40)65/h1-25,63-65H,(H,58,66)(H,59,67)(H,60,68). The normalized spacial score (nSPS) is 11.2. The summed E-state index contributed by atoms with van der Waals surface area (Å²) >= 11 is 22.7. The summed E-state index contributed by atoms with van der Waals surface area (Å²) in [5, 5.41) is 42.1. The fourth-order valence-corrected chi connectivity index (χ4v) is 13.6. The SMILES string of the molecule is O=C(Nc1cc(Cl)cc(-c2cccc(C(=O)Nc3ccc(Sc4nc5ccc(-c6cc(Br)cc(C(=O)Nc7ccc(Sc8nc9ccccc9s8)cc7)c6O)cc5s4)cc3)c2O)c1)c1cc(Br)cc(Br)c1O. The molecule has 0 saturated heterocycles. The quantitative estimate of drug-likeness (QED) is 0.0691. The van der Waals surface area contributed by atoms with E-state index in [9.17, 15) is 29.7 Å². The molecule has 0 unspecified atom stereocenters. The van der Waals surface area contributed by atoms with Crippen LogP contribution in [-0.4, -0.2) is 43.0 Å². The van der Waals surface area contributed by atoms with Crippen LogP contribution in [0.3, 0.4) is 0 Å². The van der Waals surface area contributed by atoms with E-state index in [0.29, 0.717) is 52.7 Å². The van der Waals surface area contributed by atoms with Crippen LogP contribution < -0.4 is 16.0 Å². The summed E-state index contributed by atoms with van der Waals surface area (Å²) in [4.78, 5) is 51.6. The molecule has 0 aliphatic rings. The Morgan fingerprint density at radius 2 is 1.04 bits per heavy atom. The first-order valence-electron chi connectivity index (χ1n) is 21.3. The average molecular weight is 1240 g/mol. The molecule has 0 radical (unpaired) electrons. The monoisotopic (exact) mass is 1230 g/mol. The van der Waals surface area contributed by atoms with Gasteiger partial charge < -0.3 is 31.3 Å². The lowest BCUT2D eigenvalue weighted by Gasteiger charge is -2.13. The third kappa shape index (κ3) is 10.9. The van der Waals surface area contributed by atoms with E-state index in [1.165, 1.54) is 41.3 Å². The minimum atomic E-state index is -0.590. The molecule has 2 aromatic heterocycles. The Morgan fingerprint density at radius 3 is 1.69 bits per heavy atom. The Morgan fingerprint density at radius 1 is 0.486 bits per heavy atom. The molecule has 0 atom stereocenters. The molecule has 0 aliphatic carbocycles. The summed E-state index contributed by atoms with van der Waals surface area (Å²) in [6, 6.07) is 44.3. The summed E-state index contributed by atoms with van der Waals surface area (Å²) < 4.78 is 5.24. The van der Waals surface area contributed by atoms with E-state index in [1.54, 1.807) is 77.7 Å². The Bertz CT molecular complexity index is 3770. The molecule has 0 bridgehead atoms. The van der Waals surface area contributed by atoms with Crippen molar-refractivity contribution in [2.45, 2.75) is 18.5 Å². The fourth-order valence-electron chi connectivity index (χ4n) is 7.53. The number of nitrogens with one attached hydrogen (secondary N) is 3. The molecule has 0 spiro atoms. The van der Waals surface area contributed by atoms with Crippen molar-refractivity contribution in [1.82, 2.24) is 9.97 Å². The van der Waals surface area contributed by atoms with Crippen LogP contribution in [0, 0.1) is 0 Å². The minimum absolute atomic E-state index is 0.0167. The van der Waals surface area contributed by atoms with E-state index >= 15 is 0 Å². The van der Waals surface area contributed by atoms with Crippen molar-refractivity contribution in [3.8, 4) is 39.5 Å². The third-order valence-electron chi connectivity index (χ3n) is 10.9. The van der Waals surface area contributed by atoms with Crippen LogP contribution in [0.1, 0.15) is 31.1 Å². The van der Waals surface area contributed by atoms with Gasteiger partial charge in [-0.05, 0) is 148 Å². The lowest BCUT2D eigenvalue weighted by molar-refractivity contribution is 0.101. The number of benzene rings is 8. The van der Waals surface area contributed by atoms with Crippen LogP contribution in [-0.2, 0) is 0 Å². The Balaban J connectivity index is 0.785. The summed E-state index contributed by atoms with van der Waals surface area (Å²) in [5.41, 5.74) is 5.18. The van der Waals surface area contributed by atoms with E-state index in [0.717, 1.165) is 38.9 Å². The first-order chi connectivity index (χ1) is 34.7. The van der Waals surface area contributed by atoms with E-state index in [1.807, 2.05) is 78.9 Å². The summed E-state index contributed by atoms with van der Waals surface area (Å²) in [6.45, 7) is 0. The molecule has 0 fully saturated rings. The van der Waals surface area contributed by atoms with Crippen LogP contribution in [0.2, 0.25) is 5.02 Å². The molecule has 3 amide bonds. The molecule has 356 valence electrons. The van der Waals surface area contributed by atoms with Crippen LogP contribution in [0.4, 0.5) is 17.1 Å². The number of hydrogen-bond acceptors (Lipinski definition) is 12. The Kier molecular flexibility index (Phi) is 14.5. The van der Waals surface area contributed by atoms with Gasteiger partial charge in [-0.3, -0.25) is 14.4 Å². The number of halogens is 4. The predicted octanol–water partition coefficient (Wildman–Crippen LogP) is 16.4. The maximum Gasteiger partial charge on any atom is 0.259 e. The highest BCUT2D eigenvalue weighted by atomic mass is 79.9. The zero-order valence-corrected chi connectivity index (χ0v) is 45.3. The minimum Gasteiger partial charge on any atom is -0.506 e. The molecule has 2 heterocycles. The van der Waals surface area contributed by atoms with Crippen LogP contribution >= 0.6 is 106 Å². The second-order valence-electron chi connectivity index (χ2n) is 15.8. The number of thiazole rings is 2. The molecule has 0 aliphatic heterocycles. The van der Waals surface area contributed by atoms with Gasteiger partial charge in [0.1, 0.15) is 17.2 Å². The molecular weight excluding hydrogens is 1210 g/mol. The maximum atomic E-state index is 13.6. The first-order valence-corrected chi connectivity index (χ1v) is 27.3. The number of nitrogens with zero attached hydrogens (tertiary/aromatic N) is 2. The molecule has 11 nitrogen and oxygen atoms in total. The number of aromatic hydroxyl groups is 3. The van der Waals surface area contributed by atoms with Gasteiger partial charge in [0.25, 0.3) is 17.7 Å². The molecule has 10 aromatic rings. The topological polar surface area (TPSA) is 174 Å². The molecule has 8 aromatic carbocycles. The summed E-state index contributed by atoms with van der Waals surface area (Å²) in [5.74, 6) is -2.27. The number of amides is 3. The van der Waals surface area contributed by atoms with E-state index in [4.69, 9.17) is 21.6 Å². The number of phenols is 3. The largest absolute Gasteiger partial charge is 0.506 e. The van der Waals surface area contributed by atoms with Crippen molar-refractivity contribution >= 4 is 161 Å². The van der Waals surface area contributed by atoms with Crippen LogP contribution in [0.25, 0.3) is 42.7 Å². The van der Waals surface area contributed by atoms with E-state index in [2.05, 4.69) is 63.7 Å². The van der Waals surface area contributed by atoms with Crippen LogP contribution in [0.5, 0.6) is 17.2 Å². The number of fused-ring (bicyclic) bond motifs is 2. The van der Waals surface area contributed by atoms with Crippen molar-refractivity contribution in [3.63, 3.8) is 0 Å². The number of anilines is 3. The highest BCUT2D eigenvalue weighted by Crippen LogP contribution is 2.42. The lowest BCUT2D eigenvalue weighted by Crippen LogP contribution is -2.13. The fraction of sp³-hybridized carbons (Fsp3) is 0. The second-order valence-corrected chi connectivity index (χ2v) is 23.6. The molecule has 6 N–H and O–H groups in total. The van der Waals surface area contributed by atoms with E-state index in [-0.39, 0.29) is 39.0 Å². The number of phenolic OH excluding ortho intramolecular Hbond substituents is 3. The van der Waals surface area contributed by atoms with Gasteiger partial charge in [-0.15, -0.1) is 22.7 Å². The summed E-state index contributed by atoms with van der Waals surface area (Å²) in [6.07, 6.45) is 0. The lowest BCUT2D eigenvalue weighted by atomic mass is 10.00. The van der Waals surface area contributed by atoms with Gasteiger partial charge in [0.15, 0.2) is 8.68 Å². The van der Waals surface area contributed by atoms with Gasteiger partial charge in [-0.25, -0.2) is 9.97 Å². The Hall–Kier alpha value is -6.22. The van der Waals surface area contributed by atoms with Gasteiger partial charge in [0, 0.05) is 51.9 Å². The maximum absolute atomic E-state index is 13.6. The highest BCUT2D eigenvalue weighted by molar-refractivity contribution is 9.11. The average Bonchev–Trinajstić information content (AvgIpc) is 3.97. The molecular formula is C53H31Br3ClN5O6S4. The van der Waals surface area contributed by atoms with Crippen molar-refractivity contribution in [3.05, 3.63) is 187 Å². The molecule has 72 heavy (non-hydrogen) atoms. The molecule has 0 saturated carbocycles. The van der Waals surface area contributed by atoms with Crippen molar-refractivity contribution in [2.75, 3.05) is 16.0 Å². The van der Waals surface area contributed by atoms with Crippen molar-refractivity contribution in [1.29, 1.82) is 0 Å².